The van der Waals surface area contributed by atoms with Gasteiger partial charge in [0.15, 0.2) is 11.6 Å². The van der Waals surface area contributed by atoms with Crippen LogP contribution in [0, 0.1) is 11.7 Å². The van der Waals surface area contributed by atoms with Gasteiger partial charge in [-0.1, -0.05) is 30.3 Å². The zero-order valence-electron chi connectivity index (χ0n) is 14.5. The van der Waals surface area contributed by atoms with Gasteiger partial charge >= 0.3 is 0 Å². The third kappa shape index (κ3) is 4.59. The Morgan fingerprint density at radius 1 is 1.12 bits per heavy atom. The van der Waals surface area contributed by atoms with E-state index in [1.165, 1.54) is 24.8 Å². The summed E-state index contributed by atoms with van der Waals surface area (Å²) < 4.78 is 18.6. The summed E-state index contributed by atoms with van der Waals surface area (Å²) in [6, 6.07) is 15.1. The Bertz CT molecular complexity index is 709. The Morgan fingerprint density at radius 3 is 2.48 bits per heavy atom. The highest BCUT2D eigenvalue weighted by molar-refractivity contribution is 5.90. The van der Waals surface area contributed by atoms with Crippen molar-refractivity contribution in [2.24, 2.45) is 5.92 Å². The van der Waals surface area contributed by atoms with Crippen molar-refractivity contribution in [1.82, 2.24) is 0 Å². The summed E-state index contributed by atoms with van der Waals surface area (Å²) in [6.45, 7) is 0. The number of carbonyl (C=O) groups excluding carboxylic acids is 1. The van der Waals surface area contributed by atoms with Crippen LogP contribution < -0.4 is 10.1 Å². The average Bonchev–Trinajstić information content (AvgIpc) is 2.63. The maximum Gasteiger partial charge on any atom is 0.224 e. The molecular formula is C21H24FNO2. The summed E-state index contributed by atoms with van der Waals surface area (Å²) in [6.07, 6.45) is 4.86. The van der Waals surface area contributed by atoms with Gasteiger partial charge in [0.1, 0.15) is 0 Å². The average molecular weight is 341 g/mol. The summed E-state index contributed by atoms with van der Waals surface area (Å²) in [7, 11) is 1.42. The molecule has 0 heterocycles. The van der Waals surface area contributed by atoms with Crippen LogP contribution in [-0.4, -0.2) is 13.0 Å². The molecule has 1 N–H and O–H groups in total. The Kier molecular flexibility index (Phi) is 5.69. The minimum absolute atomic E-state index is 0.0484. The fraction of sp³-hybridized carbons (Fsp3) is 0.381. The Balaban J connectivity index is 1.49. The number of hydrogen-bond acceptors (Lipinski definition) is 2. The molecule has 132 valence electrons. The second kappa shape index (κ2) is 8.15. The lowest BCUT2D eigenvalue weighted by atomic mass is 9.77. The van der Waals surface area contributed by atoms with E-state index in [1.807, 2.05) is 6.07 Å². The largest absolute Gasteiger partial charge is 0.494 e. The number of nitrogens with one attached hydrogen (secondary N) is 1. The number of hydrogen-bond donors (Lipinski definition) is 1. The van der Waals surface area contributed by atoms with Gasteiger partial charge < -0.3 is 10.1 Å². The lowest BCUT2D eigenvalue weighted by Crippen LogP contribution is -2.20. The second-order valence-electron chi connectivity index (χ2n) is 6.73. The molecule has 0 aromatic heterocycles. The van der Waals surface area contributed by atoms with Gasteiger partial charge in [0.05, 0.1) is 7.11 Å². The van der Waals surface area contributed by atoms with E-state index in [0.717, 1.165) is 25.7 Å². The molecule has 1 aliphatic carbocycles. The molecular weight excluding hydrogens is 317 g/mol. The van der Waals surface area contributed by atoms with Gasteiger partial charge in [-0.3, -0.25) is 4.79 Å². The molecule has 25 heavy (non-hydrogen) atoms. The number of anilines is 1. The molecule has 4 heteroatoms. The summed E-state index contributed by atoms with van der Waals surface area (Å²) in [4.78, 5) is 12.2. The van der Waals surface area contributed by atoms with Gasteiger partial charge in [0.25, 0.3) is 0 Å². The summed E-state index contributed by atoms with van der Waals surface area (Å²) in [5.41, 5.74) is 1.88. The van der Waals surface area contributed by atoms with Crippen LogP contribution in [0.5, 0.6) is 5.75 Å². The van der Waals surface area contributed by atoms with Gasteiger partial charge in [-0.15, -0.1) is 0 Å². The molecule has 2 aromatic carbocycles. The molecule has 0 aliphatic heterocycles. The van der Waals surface area contributed by atoms with Crippen molar-refractivity contribution in [1.29, 1.82) is 0 Å². The number of amides is 1. The first kappa shape index (κ1) is 17.5. The normalized spacial score (nSPS) is 20.1. The van der Waals surface area contributed by atoms with Crippen molar-refractivity contribution in [2.75, 3.05) is 12.4 Å². The highest BCUT2D eigenvalue weighted by atomic mass is 19.1. The molecule has 1 saturated carbocycles. The van der Waals surface area contributed by atoms with E-state index < -0.39 is 5.82 Å². The number of rotatable bonds is 5. The van der Waals surface area contributed by atoms with E-state index in [0.29, 0.717) is 23.9 Å². The predicted molar refractivity (Wildman–Crippen MR) is 97.3 cm³/mol. The molecule has 0 bridgehead atoms. The molecule has 3 nitrogen and oxygen atoms in total. The minimum Gasteiger partial charge on any atom is -0.494 e. The van der Waals surface area contributed by atoms with Gasteiger partial charge in [0.2, 0.25) is 5.91 Å². The summed E-state index contributed by atoms with van der Waals surface area (Å²) >= 11 is 0. The number of benzene rings is 2. The third-order valence-electron chi connectivity index (χ3n) is 5.03. The van der Waals surface area contributed by atoms with E-state index in [-0.39, 0.29) is 11.7 Å². The zero-order chi connectivity index (χ0) is 17.6. The predicted octanol–water partition coefficient (Wildman–Crippen LogP) is 5.14. The van der Waals surface area contributed by atoms with Gasteiger partial charge in [-0.2, -0.15) is 0 Å². The van der Waals surface area contributed by atoms with E-state index in [4.69, 9.17) is 4.74 Å². The van der Waals surface area contributed by atoms with Crippen molar-refractivity contribution in [3.8, 4) is 5.75 Å². The lowest BCUT2D eigenvalue weighted by molar-refractivity contribution is -0.117. The molecule has 0 atom stereocenters. The molecule has 0 unspecified atom stereocenters. The van der Waals surface area contributed by atoms with Gasteiger partial charge in [-0.25, -0.2) is 4.39 Å². The summed E-state index contributed by atoms with van der Waals surface area (Å²) in [5.74, 6) is 0.674. The molecule has 1 aliphatic rings. The smallest absolute Gasteiger partial charge is 0.224 e. The van der Waals surface area contributed by atoms with Crippen LogP contribution in [0.2, 0.25) is 0 Å². The van der Waals surface area contributed by atoms with Crippen LogP contribution in [0.25, 0.3) is 0 Å². The van der Waals surface area contributed by atoms with Crippen LogP contribution in [0.4, 0.5) is 10.1 Å². The third-order valence-corrected chi connectivity index (χ3v) is 5.03. The maximum atomic E-state index is 13.7. The van der Waals surface area contributed by atoms with Crippen molar-refractivity contribution in [3.63, 3.8) is 0 Å². The quantitative estimate of drug-likeness (QED) is 0.818. The molecule has 0 radical (unpaired) electrons. The molecule has 3 rings (SSSR count). The number of halogens is 1. The van der Waals surface area contributed by atoms with E-state index in [9.17, 15) is 9.18 Å². The Labute approximate surface area is 148 Å². The molecule has 1 fully saturated rings. The minimum atomic E-state index is -0.469. The van der Waals surface area contributed by atoms with Crippen LogP contribution in [0.3, 0.4) is 0 Å². The number of ether oxygens (including phenoxy) is 1. The van der Waals surface area contributed by atoms with Crippen molar-refractivity contribution in [2.45, 2.75) is 38.0 Å². The molecule has 0 saturated heterocycles. The van der Waals surface area contributed by atoms with Crippen LogP contribution in [0.1, 0.15) is 43.6 Å². The summed E-state index contributed by atoms with van der Waals surface area (Å²) in [5, 5.41) is 2.79. The maximum absolute atomic E-state index is 13.7. The second-order valence-corrected chi connectivity index (χ2v) is 6.73. The lowest BCUT2D eigenvalue weighted by Gasteiger charge is -2.28. The molecule has 1 amide bonds. The van der Waals surface area contributed by atoms with Crippen LogP contribution in [0.15, 0.2) is 48.5 Å². The van der Waals surface area contributed by atoms with Gasteiger partial charge in [-0.05, 0) is 55.2 Å². The first-order valence-corrected chi connectivity index (χ1v) is 8.84. The number of carbonyl (C=O) groups is 1. The SMILES string of the molecule is COc1ccc(NC(=O)CC2CCC(c3ccccc3)CC2)cc1F. The zero-order valence-corrected chi connectivity index (χ0v) is 14.5. The monoisotopic (exact) mass is 341 g/mol. The van der Waals surface area contributed by atoms with Gasteiger partial charge in [0, 0.05) is 18.2 Å². The van der Waals surface area contributed by atoms with Crippen molar-refractivity contribution >= 4 is 11.6 Å². The Morgan fingerprint density at radius 2 is 1.84 bits per heavy atom. The number of methoxy groups -OCH3 is 1. The highest BCUT2D eigenvalue weighted by Gasteiger charge is 2.24. The highest BCUT2D eigenvalue weighted by Crippen LogP contribution is 2.37. The standard InChI is InChI=1S/C21H24FNO2/c1-25-20-12-11-18(14-19(20)22)23-21(24)13-15-7-9-17(10-8-15)16-5-3-2-4-6-16/h2-6,11-12,14-15,17H,7-10,13H2,1H3,(H,23,24). The van der Waals surface area contributed by atoms with E-state index in [1.54, 1.807) is 6.07 Å². The fourth-order valence-corrected chi connectivity index (χ4v) is 3.64. The van der Waals surface area contributed by atoms with Crippen LogP contribution >= 0.6 is 0 Å². The van der Waals surface area contributed by atoms with Crippen LogP contribution in [-0.2, 0) is 4.79 Å². The molecule has 2 aromatic rings. The molecule has 0 spiro atoms. The Hall–Kier alpha value is -2.36. The first-order chi connectivity index (χ1) is 12.2. The topological polar surface area (TPSA) is 38.3 Å². The van der Waals surface area contributed by atoms with Crippen molar-refractivity contribution in [3.05, 3.63) is 59.9 Å². The van der Waals surface area contributed by atoms with Crippen molar-refractivity contribution < 1.29 is 13.9 Å². The van der Waals surface area contributed by atoms with E-state index >= 15 is 0 Å². The first-order valence-electron chi connectivity index (χ1n) is 8.84. The van der Waals surface area contributed by atoms with E-state index in [2.05, 4.69) is 29.6 Å². The fourth-order valence-electron chi connectivity index (χ4n) is 3.64.